The van der Waals surface area contributed by atoms with Crippen molar-refractivity contribution in [2.24, 2.45) is 0 Å². The summed E-state index contributed by atoms with van der Waals surface area (Å²) in [4.78, 5) is 15.3. The molecule has 2 aliphatic rings. The molecular weight excluding hydrogens is 340 g/mol. The Labute approximate surface area is 160 Å². The Kier molecular flexibility index (Phi) is 5.38. The summed E-state index contributed by atoms with van der Waals surface area (Å²) < 4.78 is 1.92. The van der Waals surface area contributed by atoms with Crippen LogP contribution in [0.2, 0.25) is 0 Å². The molecule has 0 atom stereocenters. The Hall–Kier alpha value is -2.41. The number of rotatable bonds is 4. The minimum Gasteiger partial charge on any atom is -0.370 e. The van der Waals surface area contributed by atoms with Crippen molar-refractivity contribution in [1.82, 2.24) is 20.3 Å². The molecule has 1 amide bonds. The van der Waals surface area contributed by atoms with Gasteiger partial charge in [0.05, 0.1) is 23.1 Å². The Bertz CT molecular complexity index is 790. The second kappa shape index (κ2) is 8.08. The van der Waals surface area contributed by atoms with E-state index in [1.165, 1.54) is 19.3 Å². The minimum atomic E-state index is -0.183. The number of amides is 1. The van der Waals surface area contributed by atoms with Crippen molar-refractivity contribution in [1.29, 1.82) is 0 Å². The van der Waals surface area contributed by atoms with E-state index in [1.54, 1.807) is 0 Å². The molecule has 144 valence electrons. The molecule has 4 rings (SSSR count). The lowest BCUT2D eigenvalue weighted by Gasteiger charge is -2.30. The standard InChI is InChI=1S/C20H28N6O/c1-15-19(23-24-26(15)16-9-11-21-12-10-16)20(27)22-17-7-3-4-8-18(17)25-13-5-2-6-14-25/h3-4,7-8,16,21H,2,5-6,9-14H2,1H3,(H,22,27). The van der Waals surface area contributed by atoms with Crippen LogP contribution in [0, 0.1) is 6.92 Å². The lowest BCUT2D eigenvalue weighted by Crippen LogP contribution is -2.30. The van der Waals surface area contributed by atoms with Gasteiger partial charge >= 0.3 is 0 Å². The Morgan fingerprint density at radius 1 is 1.15 bits per heavy atom. The Morgan fingerprint density at radius 3 is 2.67 bits per heavy atom. The van der Waals surface area contributed by atoms with E-state index in [0.29, 0.717) is 11.7 Å². The van der Waals surface area contributed by atoms with Gasteiger partial charge < -0.3 is 15.5 Å². The van der Waals surface area contributed by atoms with E-state index in [4.69, 9.17) is 0 Å². The first-order valence-electron chi connectivity index (χ1n) is 10.0. The van der Waals surface area contributed by atoms with E-state index < -0.39 is 0 Å². The minimum absolute atomic E-state index is 0.183. The van der Waals surface area contributed by atoms with E-state index in [2.05, 4.69) is 31.9 Å². The molecule has 0 aliphatic carbocycles. The first kappa shape index (κ1) is 18.0. The number of para-hydroxylation sites is 2. The SMILES string of the molecule is Cc1c(C(=O)Nc2ccccc2N2CCCCC2)nnn1C1CCNCC1. The number of aromatic nitrogens is 3. The van der Waals surface area contributed by atoms with Crippen molar-refractivity contribution in [3.8, 4) is 0 Å². The Balaban J connectivity index is 1.52. The van der Waals surface area contributed by atoms with E-state index in [1.807, 2.05) is 29.8 Å². The summed E-state index contributed by atoms with van der Waals surface area (Å²) in [5.74, 6) is -0.183. The maximum atomic E-state index is 12.9. The highest BCUT2D eigenvalue weighted by atomic mass is 16.2. The van der Waals surface area contributed by atoms with Gasteiger partial charge in [0.25, 0.3) is 5.91 Å². The third-order valence-corrected chi connectivity index (χ3v) is 5.65. The summed E-state index contributed by atoms with van der Waals surface area (Å²) in [5.41, 5.74) is 3.20. The second-order valence-electron chi connectivity index (χ2n) is 7.47. The number of carbonyl (C=O) groups excluding carboxylic acids is 1. The van der Waals surface area contributed by atoms with Crippen LogP contribution >= 0.6 is 0 Å². The molecule has 7 heteroatoms. The molecule has 1 aromatic heterocycles. The predicted molar refractivity (Wildman–Crippen MR) is 106 cm³/mol. The maximum Gasteiger partial charge on any atom is 0.278 e. The van der Waals surface area contributed by atoms with Crippen LogP contribution in [-0.4, -0.2) is 47.1 Å². The zero-order chi connectivity index (χ0) is 18.6. The fourth-order valence-electron chi connectivity index (χ4n) is 4.12. The van der Waals surface area contributed by atoms with Crippen LogP contribution in [0.1, 0.15) is 54.3 Å². The smallest absolute Gasteiger partial charge is 0.278 e. The van der Waals surface area contributed by atoms with Crippen molar-refractivity contribution in [2.75, 3.05) is 36.4 Å². The summed E-state index contributed by atoms with van der Waals surface area (Å²) in [6.07, 6.45) is 5.72. The molecule has 2 saturated heterocycles. The van der Waals surface area contributed by atoms with Gasteiger partial charge in [-0.25, -0.2) is 4.68 Å². The number of piperidine rings is 2. The van der Waals surface area contributed by atoms with Crippen LogP contribution in [0.3, 0.4) is 0 Å². The number of hydrogen-bond acceptors (Lipinski definition) is 5. The molecular formula is C20H28N6O. The van der Waals surface area contributed by atoms with Gasteiger partial charge in [0.15, 0.2) is 5.69 Å². The summed E-state index contributed by atoms with van der Waals surface area (Å²) in [6, 6.07) is 8.36. The zero-order valence-electron chi connectivity index (χ0n) is 15.9. The third-order valence-electron chi connectivity index (χ3n) is 5.65. The lowest BCUT2D eigenvalue weighted by atomic mass is 10.1. The van der Waals surface area contributed by atoms with Crippen LogP contribution in [0.25, 0.3) is 0 Å². The van der Waals surface area contributed by atoms with Gasteiger partial charge in [-0.05, 0) is 64.3 Å². The van der Waals surface area contributed by atoms with E-state index >= 15 is 0 Å². The maximum absolute atomic E-state index is 12.9. The van der Waals surface area contributed by atoms with Gasteiger partial charge in [0, 0.05) is 13.1 Å². The summed E-state index contributed by atoms with van der Waals surface area (Å²) in [6.45, 7) is 5.98. The Morgan fingerprint density at radius 2 is 1.89 bits per heavy atom. The van der Waals surface area contributed by atoms with Crippen LogP contribution < -0.4 is 15.5 Å². The third kappa shape index (κ3) is 3.83. The molecule has 3 heterocycles. The van der Waals surface area contributed by atoms with Crippen LogP contribution in [-0.2, 0) is 0 Å². The highest BCUT2D eigenvalue weighted by Gasteiger charge is 2.24. The molecule has 0 spiro atoms. The molecule has 1 aromatic carbocycles. The second-order valence-corrected chi connectivity index (χ2v) is 7.47. The number of benzene rings is 1. The van der Waals surface area contributed by atoms with Crippen molar-refractivity contribution in [3.63, 3.8) is 0 Å². The molecule has 0 radical (unpaired) electrons. The largest absolute Gasteiger partial charge is 0.370 e. The average Bonchev–Trinajstić information content (AvgIpc) is 3.11. The van der Waals surface area contributed by atoms with Gasteiger partial charge in [-0.2, -0.15) is 0 Å². The molecule has 2 N–H and O–H groups in total. The number of carbonyl (C=O) groups is 1. The normalized spacial score (nSPS) is 18.5. The van der Waals surface area contributed by atoms with Gasteiger partial charge in [0.1, 0.15) is 0 Å². The first-order valence-corrected chi connectivity index (χ1v) is 10.0. The van der Waals surface area contributed by atoms with Gasteiger partial charge in [-0.3, -0.25) is 4.79 Å². The predicted octanol–water partition coefficient (Wildman–Crippen LogP) is 2.75. The molecule has 0 bridgehead atoms. The molecule has 0 unspecified atom stereocenters. The summed E-state index contributed by atoms with van der Waals surface area (Å²) in [7, 11) is 0. The van der Waals surface area contributed by atoms with E-state index in [-0.39, 0.29) is 5.91 Å². The number of hydrogen-bond donors (Lipinski definition) is 2. The number of anilines is 2. The highest BCUT2D eigenvalue weighted by molar-refractivity contribution is 6.05. The summed E-state index contributed by atoms with van der Waals surface area (Å²) in [5, 5.41) is 14.9. The van der Waals surface area contributed by atoms with Crippen molar-refractivity contribution >= 4 is 17.3 Å². The van der Waals surface area contributed by atoms with Crippen molar-refractivity contribution in [2.45, 2.75) is 45.1 Å². The molecule has 2 aromatic rings. The quantitative estimate of drug-likeness (QED) is 0.868. The molecule has 0 saturated carbocycles. The molecule has 27 heavy (non-hydrogen) atoms. The van der Waals surface area contributed by atoms with Crippen LogP contribution in [0.15, 0.2) is 24.3 Å². The van der Waals surface area contributed by atoms with E-state index in [9.17, 15) is 4.79 Å². The number of nitrogens with zero attached hydrogens (tertiary/aromatic N) is 4. The highest BCUT2D eigenvalue weighted by Crippen LogP contribution is 2.29. The van der Waals surface area contributed by atoms with Crippen molar-refractivity contribution in [3.05, 3.63) is 35.7 Å². The fraction of sp³-hybridized carbons (Fsp3) is 0.550. The van der Waals surface area contributed by atoms with Gasteiger partial charge in [-0.15, -0.1) is 5.10 Å². The average molecular weight is 368 g/mol. The topological polar surface area (TPSA) is 75.1 Å². The van der Waals surface area contributed by atoms with Crippen LogP contribution in [0.4, 0.5) is 11.4 Å². The van der Waals surface area contributed by atoms with E-state index in [0.717, 1.165) is 56.1 Å². The monoisotopic (exact) mass is 368 g/mol. The zero-order valence-corrected chi connectivity index (χ0v) is 15.9. The summed E-state index contributed by atoms with van der Waals surface area (Å²) >= 11 is 0. The first-order chi connectivity index (χ1) is 13.2. The van der Waals surface area contributed by atoms with Crippen molar-refractivity contribution < 1.29 is 4.79 Å². The van der Waals surface area contributed by atoms with Gasteiger partial charge in [0.2, 0.25) is 0 Å². The fourth-order valence-corrected chi connectivity index (χ4v) is 4.12. The molecule has 2 aliphatic heterocycles. The van der Waals surface area contributed by atoms with Crippen LogP contribution in [0.5, 0.6) is 0 Å². The molecule has 2 fully saturated rings. The molecule has 7 nitrogen and oxygen atoms in total. The number of nitrogens with one attached hydrogen (secondary N) is 2. The van der Waals surface area contributed by atoms with Gasteiger partial charge in [-0.1, -0.05) is 17.3 Å². The lowest BCUT2D eigenvalue weighted by molar-refractivity contribution is 0.102.